The molecule has 0 bridgehead atoms. The van der Waals surface area contributed by atoms with Crippen molar-refractivity contribution < 1.29 is 9.53 Å². The van der Waals surface area contributed by atoms with Crippen LogP contribution in [0.2, 0.25) is 0 Å². The highest BCUT2D eigenvalue weighted by Gasteiger charge is 2.01. The summed E-state index contributed by atoms with van der Waals surface area (Å²) in [4.78, 5) is 11.3. The lowest BCUT2D eigenvalue weighted by atomic mass is 10.1. The Morgan fingerprint density at radius 1 is 0.765 bits per heavy atom. The minimum atomic E-state index is -0.00978. The molecule has 102 valence electrons. The summed E-state index contributed by atoms with van der Waals surface area (Å²) in [7, 11) is 0. The van der Waals surface area contributed by atoms with E-state index in [2.05, 4.69) is 13.8 Å². The highest BCUT2D eigenvalue weighted by Crippen LogP contribution is 2.07. The van der Waals surface area contributed by atoms with Gasteiger partial charge in [-0.25, -0.2) is 0 Å². The number of unbranched alkanes of at least 4 members (excludes halogenated alkanes) is 8. The molecule has 0 N–H and O–H groups in total. The predicted octanol–water partition coefficient (Wildman–Crippen LogP) is 4.86. The second kappa shape index (κ2) is 13.5. The van der Waals surface area contributed by atoms with Crippen LogP contribution in [0.1, 0.15) is 84.5 Å². The number of hydrogen-bond acceptors (Lipinski definition) is 2. The molecular weight excluding hydrogens is 212 g/mol. The van der Waals surface area contributed by atoms with Crippen LogP contribution in [0, 0.1) is 0 Å². The number of esters is 1. The molecule has 0 saturated heterocycles. The van der Waals surface area contributed by atoms with Crippen molar-refractivity contribution in [1.29, 1.82) is 0 Å². The largest absolute Gasteiger partial charge is 0.466 e. The molecule has 0 heterocycles. The van der Waals surface area contributed by atoms with E-state index in [-0.39, 0.29) is 5.97 Å². The second-order valence-electron chi connectivity index (χ2n) is 4.80. The maximum absolute atomic E-state index is 11.3. The Labute approximate surface area is 107 Å². The van der Waals surface area contributed by atoms with Crippen molar-refractivity contribution >= 4 is 5.97 Å². The van der Waals surface area contributed by atoms with E-state index in [0.717, 1.165) is 25.7 Å². The Balaban J connectivity index is 3.08. The molecule has 0 aliphatic heterocycles. The lowest BCUT2D eigenvalue weighted by Gasteiger charge is -2.04. The summed E-state index contributed by atoms with van der Waals surface area (Å²) in [5.74, 6) is -0.00978. The third-order valence-electron chi connectivity index (χ3n) is 3.00. The third kappa shape index (κ3) is 13.4. The smallest absolute Gasteiger partial charge is 0.305 e. The molecule has 0 radical (unpaired) electrons. The maximum Gasteiger partial charge on any atom is 0.305 e. The van der Waals surface area contributed by atoms with Crippen LogP contribution in [-0.2, 0) is 9.53 Å². The summed E-state index contributed by atoms with van der Waals surface area (Å²) in [5, 5.41) is 0. The standard InChI is InChI=1S/C15H30O2/c1-3-5-7-8-9-10-12-14-17-15(16)13-11-6-4-2/h3-14H2,1-2H3. The molecule has 0 aromatic heterocycles. The van der Waals surface area contributed by atoms with Gasteiger partial charge in [-0.1, -0.05) is 65.2 Å². The summed E-state index contributed by atoms with van der Waals surface area (Å²) >= 11 is 0. The van der Waals surface area contributed by atoms with Crippen molar-refractivity contribution in [2.24, 2.45) is 0 Å². The van der Waals surface area contributed by atoms with Crippen LogP contribution >= 0.6 is 0 Å². The van der Waals surface area contributed by atoms with E-state index in [1.807, 2.05) is 0 Å². The minimum absolute atomic E-state index is 0.00978. The van der Waals surface area contributed by atoms with Crippen LogP contribution in [0.25, 0.3) is 0 Å². The molecule has 0 aromatic rings. The fourth-order valence-corrected chi connectivity index (χ4v) is 1.84. The molecule has 0 saturated carbocycles. The fraction of sp³-hybridized carbons (Fsp3) is 0.933. The first-order valence-electron chi connectivity index (χ1n) is 7.46. The van der Waals surface area contributed by atoms with Gasteiger partial charge in [0.1, 0.15) is 0 Å². The van der Waals surface area contributed by atoms with Gasteiger partial charge in [-0.3, -0.25) is 4.79 Å². The van der Waals surface area contributed by atoms with Crippen LogP contribution in [-0.4, -0.2) is 12.6 Å². The van der Waals surface area contributed by atoms with Crippen LogP contribution in [0.4, 0.5) is 0 Å². The van der Waals surface area contributed by atoms with Crippen molar-refractivity contribution in [3.8, 4) is 0 Å². The van der Waals surface area contributed by atoms with Crippen molar-refractivity contribution in [3.63, 3.8) is 0 Å². The fourth-order valence-electron chi connectivity index (χ4n) is 1.84. The average Bonchev–Trinajstić information content (AvgIpc) is 2.33. The molecule has 0 aliphatic carbocycles. The number of rotatable bonds is 12. The van der Waals surface area contributed by atoms with E-state index in [9.17, 15) is 4.79 Å². The van der Waals surface area contributed by atoms with Crippen LogP contribution in [0.5, 0.6) is 0 Å². The molecule has 0 unspecified atom stereocenters. The van der Waals surface area contributed by atoms with Crippen LogP contribution in [0.15, 0.2) is 0 Å². The molecule has 0 atom stereocenters. The summed E-state index contributed by atoms with van der Waals surface area (Å²) in [6.07, 6.45) is 12.7. The van der Waals surface area contributed by atoms with E-state index in [4.69, 9.17) is 4.74 Å². The van der Waals surface area contributed by atoms with Gasteiger partial charge >= 0.3 is 5.97 Å². The number of carbonyl (C=O) groups is 1. The summed E-state index contributed by atoms with van der Waals surface area (Å²) < 4.78 is 5.18. The first-order valence-corrected chi connectivity index (χ1v) is 7.46. The summed E-state index contributed by atoms with van der Waals surface area (Å²) in [6, 6.07) is 0. The topological polar surface area (TPSA) is 26.3 Å². The highest BCUT2D eigenvalue weighted by atomic mass is 16.5. The Morgan fingerprint density at radius 2 is 1.29 bits per heavy atom. The minimum Gasteiger partial charge on any atom is -0.466 e. The Bertz CT molecular complexity index is 166. The van der Waals surface area contributed by atoms with Crippen molar-refractivity contribution in [1.82, 2.24) is 0 Å². The van der Waals surface area contributed by atoms with E-state index in [0.29, 0.717) is 13.0 Å². The van der Waals surface area contributed by atoms with E-state index in [1.54, 1.807) is 0 Å². The lowest BCUT2D eigenvalue weighted by molar-refractivity contribution is -0.143. The molecule has 0 spiro atoms. The summed E-state index contributed by atoms with van der Waals surface area (Å²) in [5.41, 5.74) is 0. The van der Waals surface area contributed by atoms with Gasteiger partial charge in [-0.2, -0.15) is 0 Å². The molecule has 0 fully saturated rings. The van der Waals surface area contributed by atoms with Gasteiger partial charge in [0.05, 0.1) is 6.61 Å². The summed E-state index contributed by atoms with van der Waals surface area (Å²) in [6.45, 7) is 5.00. The molecule has 2 heteroatoms. The Hall–Kier alpha value is -0.530. The molecule has 0 aromatic carbocycles. The van der Waals surface area contributed by atoms with Crippen molar-refractivity contribution in [2.75, 3.05) is 6.61 Å². The Kier molecular flexibility index (Phi) is 13.1. The molecule has 2 nitrogen and oxygen atoms in total. The zero-order valence-electron chi connectivity index (χ0n) is 11.8. The number of carbonyl (C=O) groups excluding carboxylic acids is 1. The quantitative estimate of drug-likeness (QED) is 0.361. The van der Waals surface area contributed by atoms with Gasteiger partial charge < -0.3 is 4.74 Å². The molecule has 0 rings (SSSR count). The first-order chi connectivity index (χ1) is 8.31. The van der Waals surface area contributed by atoms with Gasteiger partial charge in [0.15, 0.2) is 0 Å². The SMILES string of the molecule is CCCCCCCCCOC(=O)CCCCC. The normalized spacial score (nSPS) is 10.5. The van der Waals surface area contributed by atoms with Gasteiger partial charge in [0, 0.05) is 6.42 Å². The van der Waals surface area contributed by atoms with Crippen molar-refractivity contribution in [3.05, 3.63) is 0 Å². The van der Waals surface area contributed by atoms with E-state index >= 15 is 0 Å². The van der Waals surface area contributed by atoms with Gasteiger partial charge in [-0.05, 0) is 12.8 Å². The van der Waals surface area contributed by atoms with Gasteiger partial charge in [0.2, 0.25) is 0 Å². The van der Waals surface area contributed by atoms with Gasteiger partial charge in [-0.15, -0.1) is 0 Å². The maximum atomic E-state index is 11.3. The first kappa shape index (κ1) is 16.5. The van der Waals surface area contributed by atoms with Crippen LogP contribution < -0.4 is 0 Å². The van der Waals surface area contributed by atoms with Gasteiger partial charge in [0.25, 0.3) is 0 Å². The zero-order chi connectivity index (χ0) is 12.8. The number of hydrogen-bond donors (Lipinski definition) is 0. The van der Waals surface area contributed by atoms with E-state index in [1.165, 1.54) is 38.5 Å². The molecular formula is C15H30O2. The average molecular weight is 242 g/mol. The molecule has 0 amide bonds. The Morgan fingerprint density at radius 3 is 1.94 bits per heavy atom. The third-order valence-corrected chi connectivity index (χ3v) is 3.00. The zero-order valence-corrected chi connectivity index (χ0v) is 11.8. The van der Waals surface area contributed by atoms with E-state index < -0.39 is 0 Å². The highest BCUT2D eigenvalue weighted by molar-refractivity contribution is 5.69. The monoisotopic (exact) mass is 242 g/mol. The number of ether oxygens (including phenoxy) is 1. The lowest BCUT2D eigenvalue weighted by Crippen LogP contribution is -2.05. The van der Waals surface area contributed by atoms with Crippen molar-refractivity contribution in [2.45, 2.75) is 84.5 Å². The predicted molar refractivity (Wildman–Crippen MR) is 73.1 cm³/mol. The van der Waals surface area contributed by atoms with Crippen LogP contribution in [0.3, 0.4) is 0 Å². The molecule has 17 heavy (non-hydrogen) atoms. The second-order valence-corrected chi connectivity index (χ2v) is 4.80. The molecule has 0 aliphatic rings.